The Balaban J connectivity index is 1.62. The van der Waals surface area contributed by atoms with Gasteiger partial charge in [-0.15, -0.1) is 11.8 Å². The van der Waals surface area contributed by atoms with Crippen LogP contribution in [0.4, 0.5) is 0 Å². The number of amides is 2. The maximum atomic E-state index is 13.0. The van der Waals surface area contributed by atoms with Crippen molar-refractivity contribution in [1.29, 1.82) is 0 Å². The lowest BCUT2D eigenvalue weighted by Gasteiger charge is -2.32. The number of piperidine rings is 1. The zero-order valence-electron chi connectivity index (χ0n) is 16.7. The van der Waals surface area contributed by atoms with E-state index in [9.17, 15) is 9.59 Å². The van der Waals surface area contributed by atoms with E-state index in [0.717, 1.165) is 42.8 Å². The van der Waals surface area contributed by atoms with Gasteiger partial charge in [-0.1, -0.05) is 38.3 Å². The van der Waals surface area contributed by atoms with E-state index in [1.54, 1.807) is 0 Å². The Morgan fingerprint density at radius 2 is 1.85 bits per heavy atom. The topological polar surface area (TPSA) is 40.6 Å². The minimum Gasteiger partial charge on any atom is -0.342 e. The van der Waals surface area contributed by atoms with Gasteiger partial charge in [-0.3, -0.25) is 9.59 Å². The van der Waals surface area contributed by atoms with Crippen LogP contribution < -0.4 is 0 Å². The maximum absolute atomic E-state index is 13.0. The number of likely N-dealkylation sites (tertiary alicyclic amines) is 1. The fraction of sp³-hybridized carbons (Fsp3) is 0.636. The summed E-state index contributed by atoms with van der Waals surface area (Å²) in [7, 11) is 1.94. The van der Waals surface area contributed by atoms with Crippen molar-refractivity contribution in [2.75, 3.05) is 25.9 Å². The summed E-state index contributed by atoms with van der Waals surface area (Å²) in [6, 6.07) is 8.13. The van der Waals surface area contributed by atoms with Gasteiger partial charge in [0.2, 0.25) is 5.91 Å². The van der Waals surface area contributed by atoms with Gasteiger partial charge in [-0.2, -0.15) is 0 Å². The average Bonchev–Trinajstić information content (AvgIpc) is 2.71. The Kier molecular flexibility index (Phi) is 7.22. The third-order valence-electron chi connectivity index (χ3n) is 5.93. The summed E-state index contributed by atoms with van der Waals surface area (Å²) in [5.41, 5.74) is 0.740. The summed E-state index contributed by atoms with van der Waals surface area (Å²) in [5, 5.41) is 0. The molecule has 0 N–H and O–H groups in total. The molecule has 1 aliphatic carbocycles. The molecule has 1 aromatic rings. The average molecular weight is 389 g/mol. The number of hydrogen-bond donors (Lipinski definition) is 0. The molecule has 0 radical (unpaired) electrons. The summed E-state index contributed by atoms with van der Waals surface area (Å²) in [5.74, 6) is 1.24. The second kappa shape index (κ2) is 9.63. The number of thioether (sulfide) groups is 1. The molecule has 1 aromatic carbocycles. The van der Waals surface area contributed by atoms with Crippen LogP contribution in [0.3, 0.4) is 0 Å². The van der Waals surface area contributed by atoms with E-state index >= 15 is 0 Å². The molecule has 2 aliphatic rings. The molecule has 1 atom stereocenters. The zero-order valence-corrected chi connectivity index (χ0v) is 17.5. The van der Waals surface area contributed by atoms with Gasteiger partial charge in [0.1, 0.15) is 0 Å². The molecule has 1 saturated carbocycles. The largest absolute Gasteiger partial charge is 0.342 e. The summed E-state index contributed by atoms with van der Waals surface area (Å²) in [6.45, 7) is 3.88. The van der Waals surface area contributed by atoms with Gasteiger partial charge in [-0.05, 0) is 43.7 Å². The molecule has 4 nitrogen and oxygen atoms in total. The molecule has 1 aliphatic heterocycles. The normalized spacial score (nSPS) is 21.1. The molecule has 0 aromatic heterocycles. The Hall–Kier alpha value is -1.49. The highest BCUT2D eigenvalue weighted by Crippen LogP contribution is 2.27. The molecular weight excluding hydrogens is 356 g/mol. The first-order chi connectivity index (χ1) is 13.1. The van der Waals surface area contributed by atoms with Crippen molar-refractivity contribution in [3.8, 4) is 0 Å². The summed E-state index contributed by atoms with van der Waals surface area (Å²) in [4.78, 5) is 30.5. The molecule has 5 heteroatoms. The van der Waals surface area contributed by atoms with Crippen molar-refractivity contribution in [1.82, 2.24) is 9.80 Å². The first-order valence-electron chi connectivity index (χ1n) is 10.3. The van der Waals surface area contributed by atoms with Crippen LogP contribution in [0.5, 0.6) is 0 Å². The first kappa shape index (κ1) is 20.2. The highest BCUT2D eigenvalue weighted by atomic mass is 32.2. The first-order valence-corrected chi connectivity index (χ1v) is 11.3. The standard InChI is InChI=1S/C22H32N2O2S/c1-17-9-8-14-24(15-17)22(26)19-12-6-7-13-20(19)27-16-21(25)23(2)18-10-4-3-5-11-18/h6-7,12-13,17-18H,3-5,8-11,14-16H2,1-2H3. The van der Waals surface area contributed by atoms with Gasteiger partial charge >= 0.3 is 0 Å². The van der Waals surface area contributed by atoms with E-state index in [-0.39, 0.29) is 11.8 Å². The summed E-state index contributed by atoms with van der Waals surface area (Å²) in [6.07, 6.45) is 8.25. The quantitative estimate of drug-likeness (QED) is 0.700. The fourth-order valence-corrected chi connectivity index (χ4v) is 5.19. The lowest BCUT2D eigenvalue weighted by molar-refractivity contribution is -0.129. The molecule has 1 heterocycles. The van der Waals surface area contributed by atoms with Gasteiger partial charge < -0.3 is 9.80 Å². The van der Waals surface area contributed by atoms with Crippen LogP contribution in [0.15, 0.2) is 29.2 Å². The van der Waals surface area contributed by atoms with Crippen LogP contribution in [0.2, 0.25) is 0 Å². The predicted octanol–water partition coefficient (Wildman–Crippen LogP) is 4.44. The van der Waals surface area contributed by atoms with E-state index in [4.69, 9.17) is 0 Å². The number of carbonyl (C=O) groups is 2. The monoisotopic (exact) mass is 388 g/mol. The fourth-order valence-electron chi connectivity index (χ4n) is 4.23. The lowest BCUT2D eigenvalue weighted by Crippen LogP contribution is -2.39. The predicted molar refractivity (Wildman–Crippen MR) is 111 cm³/mol. The summed E-state index contributed by atoms with van der Waals surface area (Å²) < 4.78 is 0. The molecule has 27 heavy (non-hydrogen) atoms. The minimum atomic E-state index is 0.109. The Morgan fingerprint density at radius 1 is 1.11 bits per heavy atom. The Bertz CT molecular complexity index is 657. The van der Waals surface area contributed by atoms with E-state index in [0.29, 0.717) is 17.7 Å². The second-order valence-electron chi connectivity index (χ2n) is 8.08. The number of benzene rings is 1. The number of hydrogen-bond acceptors (Lipinski definition) is 3. The maximum Gasteiger partial charge on any atom is 0.254 e. The van der Waals surface area contributed by atoms with E-state index in [1.807, 2.05) is 41.1 Å². The van der Waals surface area contributed by atoms with Crippen LogP contribution in [0.25, 0.3) is 0 Å². The molecule has 1 unspecified atom stereocenters. The van der Waals surface area contributed by atoms with E-state index in [1.165, 1.54) is 37.4 Å². The number of rotatable bonds is 5. The van der Waals surface area contributed by atoms with Crippen molar-refractivity contribution >= 4 is 23.6 Å². The van der Waals surface area contributed by atoms with Crippen molar-refractivity contribution < 1.29 is 9.59 Å². The second-order valence-corrected chi connectivity index (χ2v) is 9.10. The van der Waals surface area contributed by atoms with E-state index < -0.39 is 0 Å². The molecule has 0 bridgehead atoms. The van der Waals surface area contributed by atoms with E-state index in [2.05, 4.69) is 6.92 Å². The highest BCUT2D eigenvalue weighted by molar-refractivity contribution is 8.00. The Morgan fingerprint density at radius 3 is 2.59 bits per heavy atom. The van der Waals surface area contributed by atoms with Crippen LogP contribution in [-0.4, -0.2) is 53.5 Å². The van der Waals surface area contributed by atoms with Crippen molar-refractivity contribution in [2.45, 2.75) is 62.8 Å². The van der Waals surface area contributed by atoms with Gasteiger partial charge in [-0.25, -0.2) is 0 Å². The van der Waals surface area contributed by atoms with Gasteiger partial charge in [0.05, 0.1) is 11.3 Å². The van der Waals surface area contributed by atoms with Crippen LogP contribution >= 0.6 is 11.8 Å². The third-order valence-corrected chi connectivity index (χ3v) is 6.99. The molecule has 3 rings (SSSR count). The lowest BCUT2D eigenvalue weighted by atomic mass is 9.94. The van der Waals surface area contributed by atoms with Crippen molar-refractivity contribution in [3.05, 3.63) is 29.8 Å². The molecule has 0 spiro atoms. The summed E-state index contributed by atoms with van der Waals surface area (Å²) >= 11 is 1.50. The zero-order chi connectivity index (χ0) is 19.2. The molecule has 148 valence electrons. The highest BCUT2D eigenvalue weighted by Gasteiger charge is 2.25. The van der Waals surface area contributed by atoms with Crippen LogP contribution in [-0.2, 0) is 4.79 Å². The SMILES string of the molecule is CC1CCCN(C(=O)c2ccccc2SCC(=O)N(C)C2CCCCC2)C1. The number of carbonyl (C=O) groups excluding carboxylic acids is 2. The third kappa shape index (κ3) is 5.28. The van der Waals surface area contributed by atoms with Crippen molar-refractivity contribution in [2.24, 2.45) is 5.92 Å². The molecule has 2 amide bonds. The Labute approximate surface area is 167 Å². The smallest absolute Gasteiger partial charge is 0.254 e. The molecular formula is C22H32N2O2S. The van der Waals surface area contributed by atoms with Gasteiger partial charge in [0.15, 0.2) is 0 Å². The molecule has 1 saturated heterocycles. The van der Waals surface area contributed by atoms with Gasteiger partial charge in [0, 0.05) is 31.1 Å². The minimum absolute atomic E-state index is 0.109. The van der Waals surface area contributed by atoms with Crippen LogP contribution in [0, 0.1) is 5.92 Å². The molecule has 2 fully saturated rings. The number of nitrogens with zero attached hydrogens (tertiary/aromatic N) is 2. The van der Waals surface area contributed by atoms with Gasteiger partial charge in [0.25, 0.3) is 5.91 Å². The van der Waals surface area contributed by atoms with Crippen LogP contribution in [0.1, 0.15) is 62.2 Å². The van der Waals surface area contributed by atoms with Crippen molar-refractivity contribution in [3.63, 3.8) is 0 Å².